The number of Topliss-reactive ketones (excluding diaryl/α,β-unsaturated/α-hetero) is 1. The van der Waals surface area contributed by atoms with E-state index in [4.69, 9.17) is 11.6 Å². The first-order chi connectivity index (χ1) is 7.99. The quantitative estimate of drug-likeness (QED) is 0.662. The van der Waals surface area contributed by atoms with Gasteiger partial charge in [-0.05, 0) is 25.1 Å². The summed E-state index contributed by atoms with van der Waals surface area (Å²) < 4.78 is 0. The van der Waals surface area contributed by atoms with Gasteiger partial charge in [0.15, 0.2) is 5.78 Å². The number of thiol groups is 1. The van der Waals surface area contributed by atoms with Crippen molar-refractivity contribution in [1.29, 1.82) is 0 Å². The van der Waals surface area contributed by atoms with Crippen LogP contribution in [0.15, 0.2) is 18.2 Å². The van der Waals surface area contributed by atoms with Crippen LogP contribution in [0, 0.1) is 0 Å². The molecule has 1 aliphatic heterocycles. The summed E-state index contributed by atoms with van der Waals surface area (Å²) in [5.74, 6) is -0.0513. The second-order valence-electron chi connectivity index (χ2n) is 4.08. The predicted molar refractivity (Wildman–Crippen MR) is 71.2 cm³/mol. The monoisotopic (exact) mass is 269 g/mol. The van der Waals surface area contributed by atoms with E-state index in [0.717, 1.165) is 0 Å². The van der Waals surface area contributed by atoms with Gasteiger partial charge in [0, 0.05) is 23.8 Å². The Morgan fingerprint density at radius 3 is 2.76 bits per heavy atom. The van der Waals surface area contributed by atoms with E-state index in [0.29, 0.717) is 29.2 Å². The average Bonchev–Trinajstić information content (AvgIpc) is 2.58. The number of hydrogen-bond acceptors (Lipinski definition) is 3. The first-order valence-corrected chi connectivity index (χ1v) is 6.17. The fourth-order valence-corrected chi connectivity index (χ4v) is 2.40. The number of amides is 1. The highest BCUT2D eigenvalue weighted by molar-refractivity contribution is 7.81. The molecular weight excluding hydrogens is 258 g/mol. The van der Waals surface area contributed by atoms with Gasteiger partial charge in [-0.3, -0.25) is 9.59 Å². The minimum Gasteiger partial charge on any atom is -0.310 e. The molecule has 2 rings (SSSR count). The van der Waals surface area contributed by atoms with Crippen LogP contribution >= 0.6 is 24.2 Å². The second kappa shape index (κ2) is 4.70. The lowest BCUT2D eigenvalue weighted by Crippen LogP contribution is -2.25. The summed E-state index contributed by atoms with van der Waals surface area (Å²) in [6.07, 6.45) is 0.406. The molecule has 0 spiro atoms. The van der Waals surface area contributed by atoms with Crippen molar-refractivity contribution in [3.05, 3.63) is 28.8 Å². The second-order valence-corrected chi connectivity index (χ2v) is 5.22. The van der Waals surface area contributed by atoms with Gasteiger partial charge in [-0.15, -0.1) is 0 Å². The highest BCUT2D eigenvalue weighted by Gasteiger charge is 2.29. The topological polar surface area (TPSA) is 37.4 Å². The molecule has 90 valence electrons. The lowest BCUT2D eigenvalue weighted by atomic mass is 10.1. The van der Waals surface area contributed by atoms with E-state index < -0.39 is 0 Å². The lowest BCUT2D eigenvalue weighted by molar-refractivity contribution is -0.117. The van der Waals surface area contributed by atoms with Crippen LogP contribution in [0.3, 0.4) is 0 Å². The van der Waals surface area contributed by atoms with Crippen LogP contribution in [0.5, 0.6) is 0 Å². The summed E-state index contributed by atoms with van der Waals surface area (Å²) in [5, 5.41) is 0.505. The van der Waals surface area contributed by atoms with Gasteiger partial charge < -0.3 is 4.90 Å². The lowest BCUT2D eigenvalue weighted by Gasteiger charge is -2.18. The van der Waals surface area contributed by atoms with Crippen LogP contribution in [0.4, 0.5) is 5.69 Å². The number of halogens is 1. The van der Waals surface area contributed by atoms with Crippen LogP contribution in [0.2, 0.25) is 5.02 Å². The number of carbonyl (C=O) groups excluding carboxylic acids is 2. The third-order valence-electron chi connectivity index (χ3n) is 2.75. The molecule has 0 aromatic heterocycles. The fourth-order valence-electron chi connectivity index (χ4n) is 1.86. The van der Waals surface area contributed by atoms with Gasteiger partial charge in [-0.1, -0.05) is 11.6 Å². The molecule has 3 nitrogen and oxygen atoms in total. The summed E-state index contributed by atoms with van der Waals surface area (Å²) in [5.41, 5.74) is 1.15. The molecule has 1 fully saturated rings. The Balaban J connectivity index is 2.41. The maximum absolute atomic E-state index is 11.8. The Kier molecular flexibility index (Phi) is 3.45. The molecule has 0 bridgehead atoms. The first kappa shape index (κ1) is 12.5. The van der Waals surface area contributed by atoms with Gasteiger partial charge in [0.05, 0.1) is 10.7 Å². The molecule has 1 aliphatic rings. The molecule has 0 radical (unpaired) electrons. The number of anilines is 1. The van der Waals surface area contributed by atoms with E-state index >= 15 is 0 Å². The molecule has 17 heavy (non-hydrogen) atoms. The summed E-state index contributed by atoms with van der Waals surface area (Å²) in [4.78, 5) is 24.6. The van der Waals surface area contributed by atoms with Crippen LogP contribution in [0.25, 0.3) is 0 Å². The van der Waals surface area contributed by atoms with Crippen molar-refractivity contribution < 1.29 is 9.59 Å². The Bertz CT molecular complexity index is 489. The molecule has 1 aromatic carbocycles. The number of rotatable bonds is 2. The van der Waals surface area contributed by atoms with E-state index in [2.05, 4.69) is 12.6 Å². The van der Waals surface area contributed by atoms with Gasteiger partial charge in [0.2, 0.25) is 5.91 Å². The third-order valence-corrected chi connectivity index (χ3v) is 3.41. The predicted octanol–water partition coefficient (Wildman–Crippen LogP) is 2.58. The molecule has 1 aromatic rings. The van der Waals surface area contributed by atoms with E-state index in [1.807, 2.05) is 0 Å². The van der Waals surface area contributed by atoms with Gasteiger partial charge in [0.25, 0.3) is 0 Å². The van der Waals surface area contributed by atoms with Crippen molar-refractivity contribution in [1.82, 2.24) is 0 Å². The van der Waals surface area contributed by atoms with E-state index in [9.17, 15) is 9.59 Å². The number of hydrogen-bond donors (Lipinski definition) is 1. The van der Waals surface area contributed by atoms with Crippen LogP contribution in [0.1, 0.15) is 23.7 Å². The van der Waals surface area contributed by atoms with Crippen LogP contribution in [-0.4, -0.2) is 23.5 Å². The maximum Gasteiger partial charge on any atom is 0.228 e. The van der Waals surface area contributed by atoms with Crippen molar-refractivity contribution in [3.8, 4) is 0 Å². The smallest absolute Gasteiger partial charge is 0.228 e. The van der Waals surface area contributed by atoms with Gasteiger partial charge in [0.1, 0.15) is 0 Å². The molecule has 1 unspecified atom stereocenters. The SMILES string of the molecule is CC(=O)c1ccc(Cl)c(N2CC(S)CC2=O)c1. The number of carbonyl (C=O) groups is 2. The molecule has 5 heteroatoms. The zero-order valence-electron chi connectivity index (χ0n) is 9.31. The molecule has 0 saturated carbocycles. The fraction of sp³-hybridized carbons (Fsp3) is 0.333. The van der Waals surface area contributed by atoms with Crippen molar-refractivity contribution in [2.75, 3.05) is 11.4 Å². The zero-order valence-corrected chi connectivity index (χ0v) is 11.0. The van der Waals surface area contributed by atoms with E-state index in [1.165, 1.54) is 6.92 Å². The zero-order chi connectivity index (χ0) is 12.6. The molecular formula is C12H12ClNO2S. The van der Waals surface area contributed by atoms with E-state index in [1.54, 1.807) is 23.1 Å². The van der Waals surface area contributed by atoms with Crippen LogP contribution in [-0.2, 0) is 4.79 Å². The largest absolute Gasteiger partial charge is 0.310 e. The summed E-state index contributed by atoms with van der Waals surface area (Å²) in [7, 11) is 0. The number of benzene rings is 1. The number of nitrogens with zero attached hydrogens (tertiary/aromatic N) is 1. The van der Waals surface area contributed by atoms with Crippen molar-refractivity contribution in [2.24, 2.45) is 0 Å². The van der Waals surface area contributed by atoms with Crippen molar-refractivity contribution in [2.45, 2.75) is 18.6 Å². The van der Waals surface area contributed by atoms with E-state index in [-0.39, 0.29) is 16.9 Å². The Hall–Kier alpha value is -1.00. The molecule has 1 saturated heterocycles. The highest BCUT2D eigenvalue weighted by Crippen LogP contribution is 2.31. The summed E-state index contributed by atoms with van der Waals surface area (Å²) in [6, 6.07) is 4.97. The molecule has 0 aliphatic carbocycles. The van der Waals surface area contributed by atoms with Crippen LogP contribution < -0.4 is 4.90 Å². The molecule has 1 amide bonds. The normalized spacial score (nSPS) is 19.8. The summed E-state index contributed by atoms with van der Waals surface area (Å²) in [6.45, 7) is 2.02. The standard InChI is InChI=1S/C12H12ClNO2S/c1-7(15)8-2-3-10(13)11(4-8)14-6-9(17)5-12(14)16/h2-4,9,17H,5-6H2,1H3. The third kappa shape index (κ3) is 2.48. The Morgan fingerprint density at radius 2 is 2.24 bits per heavy atom. The van der Waals surface area contributed by atoms with Crippen molar-refractivity contribution in [3.63, 3.8) is 0 Å². The average molecular weight is 270 g/mol. The maximum atomic E-state index is 11.8. The molecule has 0 N–H and O–H groups in total. The first-order valence-electron chi connectivity index (χ1n) is 5.28. The Labute approximate surface area is 110 Å². The van der Waals surface area contributed by atoms with Gasteiger partial charge in [-0.2, -0.15) is 12.6 Å². The molecule has 1 heterocycles. The van der Waals surface area contributed by atoms with Gasteiger partial charge >= 0.3 is 0 Å². The minimum atomic E-state index is -0.0445. The summed E-state index contributed by atoms with van der Waals surface area (Å²) >= 11 is 10.4. The van der Waals surface area contributed by atoms with Crippen molar-refractivity contribution >= 4 is 41.6 Å². The minimum absolute atomic E-state index is 0.00685. The molecule has 1 atom stereocenters. The van der Waals surface area contributed by atoms with Gasteiger partial charge in [-0.25, -0.2) is 0 Å². The highest BCUT2D eigenvalue weighted by atomic mass is 35.5. The Morgan fingerprint density at radius 1 is 1.53 bits per heavy atom. The number of ketones is 1.